The first-order valence-corrected chi connectivity index (χ1v) is 16.9. The normalized spacial score (nSPS) is 30.5. The van der Waals surface area contributed by atoms with Gasteiger partial charge in [0.05, 0.1) is 41.7 Å². The lowest BCUT2D eigenvalue weighted by molar-refractivity contribution is -0.922. The second kappa shape index (κ2) is 11.6. The maximum atomic E-state index is 12.8. The third kappa shape index (κ3) is 4.73. The first-order chi connectivity index (χ1) is 20.0. The average Bonchev–Trinajstić information content (AvgIpc) is 3.60. The van der Waals surface area contributed by atoms with Gasteiger partial charge in [0.2, 0.25) is 15.8 Å². The fraction of sp³-hybridized carbons (Fsp3) is 0.516. The van der Waals surface area contributed by atoms with E-state index < -0.39 is 18.0 Å². The number of carboxylic acid groups (broad SMARTS) is 1. The number of aliphatic hydroxyl groups is 1. The van der Waals surface area contributed by atoms with E-state index in [1.165, 1.54) is 59.9 Å². The van der Waals surface area contributed by atoms with E-state index >= 15 is 0 Å². The second-order valence-electron chi connectivity index (χ2n) is 13.0. The Kier molecular flexibility index (Phi) is 8.76. The number of thiazole rings is 1. The molecule has 9 nitrogen and oxygen atoms in total. The van der Waals surface area contributed by atoms with E-state index in [0.717, 1.165) is 19.2 Å². The number of aliphatic hydroxyl groups excluding tert-OH is 1. The van der Waals surface area contributed by atoms with Crippen LogP contribution in [0.15, 0.2) is 47.5 Å². The van der Waals surface area contributed by atoms with Crippen LogP contribution in [-0.2, 0) is 9.59 Å². The molecule has 1 aromatic carbocycles. The molecule has 8 rings (SSSR count). The maximum Gasteiger partial charge on any atom is 0.251 e. The van der Waals surface area contributed by atoms with E-state index in [-0.39, 0.29) is 54.4 Å². The summed E-state index contributed by atoms with van der Waals surface area (Å²) in [5.74, 6) is -2.51. The van der Waals surface area contributed by atoms with Crippen LogP contribution in [0.1, 0.15) is 37.3 Å². The number of halogens is 2. The van der Waals surface area contributed by atoms with E-state index in [2.05, 4.69) is 59.8 Å². The number of hydrogen-bond acceptors (Lipinski definition) is 6. The predicted octanol–water partition coefficient (Wildman–Crippen LogP) is -4.27. The molecule has 0 saturated carbocycles. The molecule has 0 aliphatic carbocycles. The number of imidazole rings is 1. The summed E-state index contributed by atoms with van der Waals surface area (Å²) in [6.07, 6.45) is 5.33. The molecule has 3 aromatic rings. The van der Waals surface area contributed by atoms with Gasteiger partial charge in [0.25, 0.3) is 6.33 Å². The second-order valence-corrected chi connectivity index (χ2v) is 14.8. The van der Waals surface area contributed by atoms with Crippen LogP contribution < -0.4 is 39.0 Å². The van der Waals surface area contributed by atoms with E-state index in [4.69, 9.17) is 0 Å². The van der Waals surface area contributed by atoms with Gasteiger partial charge < -0.3 is 49.2 Å². The molecule has 238 valence electrons. The highest BCUT2D eigenvalue weighted by Gasteiger charge is 2.59. The number of carboxylic acids is 1. The summed E-state index contributed by atoms with van der Waals surface area (Å²) in [4.78, 5) is 28.3. The molecule has 5 aliphatic heterocycles. The Labute approximate surface area is 278 Å². The molecular formula is C31H39Cl2N5O4S2. The Morgan fingerprint density at radius 1 is 1.16 bits per heavy atom. The summed E-state index contributed by atoms with van der Waals surface area (Å²) in [5, 5.41) is 23.6. The molecule has 7 heterocycles. The van der Waals surface area contributed by atoms with Crippen molar-refractivity contribution in [2.75, 3.05) is 52.6 Å². The maximum absolute atomic E-state index is 12.8. The smallest absolute Gasteiger partial charge is 0.251 e. The van der Waals surface area contributed by atoms with Crippen molar-refractivity contribution in [2.45, 2.75) is 44.0 Å². The van der Waals surface area contributed by atoms with E-state index in [0.29, 0.717) is 5.57 Å². The fourth-order valence-electron chi connectivity index (χ4n) is 7.98. The van der Waals surface area contributed by atoms with Crippen LogP contribution in [0.2, 0.25) is 0 Å². The molecule has 5 aliphatic rings. The number of aromatic nitrogens is 2. The van der Waals surface area contributed by atoms with Crippen LogP contribution in [0.4, 0.5) is 5.69 Å². The summed E-state index contributed by atoms with van der Waals surface area (Å²) >= 11 is 3.23. The molecule has 2 aromatic heterocycles. The number of β-lactam (4-membered cyclic amide) rings is 1. The summed E-state index contributed by atoms with van der Waals surface area (Å²) in [5.41, 5.74) is 3.28. The number of nitrogens with zero attached hydrogens (tertiary/aromatic N) is 5. The van der Waals surface area contributed by atoms with Gasteiger partial charge in [-0.1, -0.05) is 42.2 Å². The number of aliphatic carboxylic acids is 1. The van der Waals surface area contributed by atoms with Crippen molar-refractivity contribution in [3.8, 4) is 0 Å². The Bertz CT molecular complexity index is 1640. The fourth-order valence-corrected chi connectivity index (χ4v) is 10.2. The molecule has 4 saturated heterocycles. The molecule has 5 atom stereocenters. The van der Waals surface area contributed by atoms with Crippen molar-refractivity contribution >= 4 is 51.1 Å². The number of carbonyl (C=O) groups excluding carboxylic acids is 2. The van der Waals surface area contributed by atoms with Crippen molar-refractivity contribution in [1.29, 1.82) is 0 Å². The summed E-state index contributed by atoms with van der Waals surface area (Å²) in [7, 11) is 2.40. The lowest BCUT2D eigenvalue weighted by Gasteiger charge is -2.53. The van der Waals surface area contributed by atoms with Gasteiger partial charge in [0.15, 0.2) is 0 Å². The quantitative estimate of drug-likeness (QED) is 0.118. The van der Waals surface area contributed by atoms with Crippen LogP contribution in [0, 0.1) is 11.8 Å². The molecular weight excluding hydrogens is 641 g/mol. The number of amides is 1. The zero-order chi connectivity index (χ0) is 29.7. The third-order valence-corrected chi connectivity index (χ3v) is 12.8. The zero-order valence-corrected chi connectivity index (χ0v) is 28.7. The lowest BCUT2D eigenvalue weighted by Crippen LogP contribution is -3.00. The van der Waals surface area contributed by atoms with Gasteiger partial charge in [-0.25, -0.2) is 4.57 Å². The van der Waals surface area contributed by atoms with Crippen LogP contribution in [-0.4, -0.2) is 95.5 Å². The van der Waals surface area contributed by atoms with Gasteiger partial charge in [-0.05, 0) is 26.2 Å². The minimum Gasteiger partial charge on any atom is -1.00 e. The molecule has 13 heteroatoms. The van der Waals surface area contributed by atoms with Crippen LogP contribution >= 0.6 is 23.1 Å². The number of rotatable bonds is 7. The standard InChI is InChI=1S/C31H39N5O4S2.2ClH/c1-18-24(27(31(39)40)34-26(18)25(20(3)37)28(34)38)23-16-32-17-33(30(41-5)29(32)42-23)19(2)21-7-6-8-22(15-21)36-12-9-35(4,10-13-36)11-14-36;;/h6-8,15-20,25-26,37H,9-14H2,1-5H3;2*1H/q+2;;/p-2/t18-,19?,20+,25+,26+,35?,36?;;/m0../s1. The van der Waals surface area contributed by atoms with Crippen molar-refractivity contribution in [1.82, 2.24) is 13.8 Å². The van der Waals surface area contributed by atoms with Gasteiger partial charge in [-0.15, -0.1) is 0 Å². The van der Waals surface area contributed by atoms with Crippen LogP contribution in [0.3, 0.4) is 0 Å². The average molecular weight is 681 g/mol. The van der Waals surface area contributed by atoms with Crippen LogP contribution in [0.5, 0.6) is 0 Å². The van der Waals surface area contributed by atoms with Crippen molar-refractivity contribution in [3.05, 3.63) is 52.9 Å². The number of benzene rings is 1. The Balaban J connectivity index is 0.00000192. The molecule has 1 unspecified atom stereocenters. The molecule has 0 radical (unpaired) electrons. The monoisotopic (exact) mass is 679 g/mol. The highest BCUT2D eigenvalue weighted by molar-refractivity contribution is 7.98. The predicted molar refractivity (Wildman–Crippen MR) is 162 cm³/mol. The molecule has 0 spiro atoms. The number of fused-ring (bicyclic) bond motifs is 5. The third-order valence-electron chi connectivity index (χ3n) is 10.7. The highest BCUT2D eigenvalue weighted by atomic mass is 35.5. The number of piperazine rings is 3. The lowest BCUT2D eigenvalue weighted by atomic mass is 9.77. The first kappa shape index (κ1) is 33.2. The molecule has 1 amide bonds. The number of quaternary nitrogens is 2. The number of thioether (sulfide) groups is 1. The van der Waals surface area contributed by atoms with Gasteiger partial charge >= 0.3 is 0 Å². The van der Waals surface area contributed by atoms with Gasteiger partial charge in [0.1, 0.15) is 57.2 Å². The number of hydrogen-bond donors (Lipinski definition) is 1. The summed E-state index contributed by atoms with van der Waals surface area (Å²) < 4.78 is 6.69. The Hall–Kier alpha value is -2.12. The van der Waals surface area contributed by atoms with Crippen molar-refractivity contribution in [3.63, 3.8) is 0 Å². The van der Waals surface area contributed by atoms with Gasteiger partial charge in [-0.2, -0.15) is 4.40 Å². The Morgan fingerprint density at radius 2 is 1.82 bits per heavy atom. The largest absolute Gasteiger partial charge is 1.00 e. The van der Waals surface area contributed by atoms with E-state index in [1.54, 1.807) is 30.0 Å². The minimum atomic E-state index is -1.35. The molecule has 2 bridgehead atoms. The van der Waals surface area contributed by atoms with E-state index in [9.17, 15) is 19.8 Å². The SMILES string of the molecule is CSc1c2sc(C3=C(C(=O)[O-])N4C(=O)[C@H]([C@@H](C)O)[C@H]4[C@H]3C)cn2c[n+]1C(C)c1cccc([N+]23CC[N+](C)(CC2)CC3)c1.[Cl-].[Cl-]. The Morgan fingerprint density at radius 3 is 2.41 bits per heavy atom. The van der Waals surface area contributed by atoms with Gasteiger partial charge in [0, 0.05) is 23.1 Å². The first-order valence-electron chi connectivity index (χ1n) is 14.9. The number of carbonyl (C=O) groups is 2. The van der Waals surface area contributed by atoms with E-state index in [1.807, 2.05) is 13.1 Å². The zero-order valence-electron chi connectivity index (χ0n) is 25.6. The van der Waals surface area contributed by atoms with Crippen molar-refractivity contribution < 1.29 is 53.7 Å². The van der Waals surface area contributed by atoms with Gasteiger partial charge in [-0.3, -0.25) is 9.28 Å². The summed E-state index contributed by atoms with van der Waals surface area (Å²) in [6, 6.07) is 8.92. The molecule has 1 N–H and O–H groups in total. The van der Waals surface area contributed by atoms with Crippen LogP contribution in [0.25, 0.3) is 10.4 Å². The molecule has 4 fully saturated rings. The highest BCUT2D eigenvalue weighted by Crippen LogP contribution is 2.51. The summed E-state index contributed by atoms with van der Waals surface area (Å²) in [6.45, 7) is 13.1. The number of likely N-dealkylation sites (N-methyl/N-ethyl adjacent to an activating group) is 1. The van der Waals surface area contributed by atoms with Crippen molar-refractivity contribution in [2.24, 2.45) is 11.8 Å². The topological polar surface area (TPSA) is 89.0 Å². The minimum absolute atomic E-state index is 0. The molecule has 44 heavy (non-hydrogen) atoms.